The second-order valence-corrected chi connectivity index (χ2v) is 5.75. The number of ether oxygens (including phenoxy) is 1. The van der Waals surface area contributed by atoms with E-state index in [1.807, 2.05) is 19.1 Å². The minimum absolute atomic E-state index is 0.237. The Bertz CT molecular complexity index is 908. The molecule has 2 aromatic heterocycles. The van der Waals surface area contributed by atoms with Crippen LogP contribution in [0.1, 0.15) is 29.4 Å². The van der Waals surface area contributed by atoms with Gasteiger partial charge in [-0.2, -0.15) is 5.10 Å². The summed E-state index contributed by atoms with van der Waals surface area (Å²) in [5.41, 5.74) is 1.92. The monoisotopic (exact) mass is 339 g/mol. The number of aryl methyl sites for hydroxylation is 2. The van der Waals surface area contributed by atoms with E-state index in [-0.39, 0.29) is 5.91 Å². The molecule has 6 nitrogen and oxygen atoms in total. The van der Waals surface area contributed by atoms with E-state index in [2.05, 4.69) is 23.9 Å². The van der Waals surface area contributed by atoms with Gasteiger partial charge in [-0.15, -0.1) is 0 Å². The van der Waals surface area contributed by atoms with Crippen LogP contribution in [0.25, 0.3) is 11.0 Å². The van der Waals surface area contributed by atoms with Crippen LogP contribution >= 0.6 is 0 Å². The summed E-state index contributed by atoms with van der Waals surface area (Å²) in [7, 11) is 0. The van der Waals surface area contributed by atoms with Gasteiger partial charge in [0.05, 0.1) is 17.3 Å². The molecule has 25 heavy (non-hydrogen) atoms. The number of benzene rings is 1. The average Bonchev–Trinajstić information content (AvgIpc) is 3.19. The molecule has 0 saturated carbocycles. The number of anilines is 1. The number of carbonyl (C=O) groups is 1. The summed E-state index contributed by atoms with van der Waals surface area (Å²) < 4.78 is 12.9. The maximum Gasteiger partial charge on any atom is 0.257 e. The first-order chi connectivity index (χ1) is 12.1. The Balaban J connectivity index is 1.90. The van der Waals surface area contributed by atoms with Gasteiger partial charge >= 0.3 is 0 Å². The van der Waals surface area contributed by atoms with Crippen molar-refractivity contribution in [1.29, 1.82) is 0 Å². The Morgan fingerprint density at radius 2 is 2.28 bits per heavy atom. The van der Waals surface area contributed by atoms with Crippen LogP contribution in [0.15, 0.2) is 47.6 Å². The molecule has 3 rings (SSSR count). The summed E-state index contributed by atoms with van der Waals surface area (Å²) in [4.78, 5) is 12.7. The first kappa shape index (κ1) is 16.8. The van der Waals surface area contributed by atoms with Gasteiger partial charge < -0.3 is 14.5 Å². The van der Waals surface area contributed by atoms with E-state index < -0.39 is 0 Å². The van der Waals surface area contributed by atoms with Gasteiger partial charge in [0.2, 0.25) is 0 Å². The van der Waals surface area contributed by atoms with Crippen LogP contribution < -0.4 is 10.1 Å². The number of furan rings is 1. The summed E-state index contributed by atoms with van der Waals surface area (Å²) in [5.74, 6) is 1.03. The second-order valence-electron chi connectivity index (χ2n) is 5.75. The Morgan fingerprint density at radius 1 is 1.44 bits per heavy atom. The van der Waals surface area contributed by atoms with Crippen molar-refractivity contribution < 1.29 is 13.9 Å². The third-order valence-electron chi connectivity index (χ3n) is 3.73. The highest BCUT2D eigenvalue weighted by Crippen LogP contribution is 2.29. The number of hydrogen-bond donors (Lipinski definition) is 1. The number of nitrogens with zero attached hydrogens (tertiary/aromatic N) is 2. The van der Waals surface area contributed by atoms with Crippen LogP contribution in [0.3, 0.4) is 0 Å². The minimum Gasteiger partial charge on any atom is -0.489 e. The molecule has 0 saturated heterocycles. The van der Waals surface area contributed by atoms with E-state index in [0.29, 0.717) is 29.3 Å². The van der Waals surface area contributed by atoms with Crippen LogP contribution in [-0.2, 0) is 6.54 Å². The fraction of sp³-hybridized carbons (Fsp3) is 0.263. The number of carbonyl (C=O) groups excluding carboxylic acids is 1. The lowest BCUT2D eigenvalue weighted by atomic mass is 10.1. The van der Waals surface area contributed by atoms with Crippen LogP contribution in [0.5, 0.6) is 5.75 Å². The zero-order chi connectivity index (χ0) is 17.8. The van der Waals surface area contributed by atoms with Crippen LogP contribution in [-0.4, -0.2) is 22.3 Å². The van der Waals surface area contributed by atoms with E-state index in [1.165, 1.54) is 0 Å². The molecule has 0 spiro atoms. The smallest absolute Gasteiger partial charge is 0.257 e. The molecular formula is C19H21N3O3. The largest absolute Gasteiger partial charge is 0.489 e. The molecule has 2 heterocycles. The van der Waals surface area contributed by atoms with Crippen LogP contribution in [0.4, 0.5) is 5.82 Å². The zero-order valence-electron chi connectivity index (χ0n) is 14.4. The van der Waals surface area contributed by atoms with E-state index in [0.717, 1.165) is 24.0 Å². The lowest BCUT2D eigenvalue weighted by Gasteiger charge is -2.10. The fourth-order valence-corrected chi connectivity index (χ4v) is 2.65. The molecule has 6 heteroatoms. The van der Waals surface area contributed by atoms with Crippen molar-refractivity contribution in [2.24, 2.45) is 0 Å². The quantitative estimate of drug-likeness (QED) is 0.656. The van der Waals surface area contributed by atoms with Crippen LogP contribution in [0.2, 0.25) is 0 Å². The Labute approximate surface area is 146 Å². The van der Waals surface area contributed by atoms with Crippen molar-refractivity contribution in [3.63, 3.8) is 0 Å². The lowest BCUT2D eigenvalue weighted by molar-refractivity contribution is 0.102. The molecule has 130 valence electrons. The lowest BCUT2D eigenvalue weighted by Crippen LogP contribution is -2.16. The molecule has 0 fully saturated rings. The topological polar surface area (TPSA) is 69.3 Å². The Morgan fingerprint density at radius 3 is 3.04 bits per heavy atom. The first-order valence-corrected chi connectivity index (χ1v) is 8.23. The Hall–Kier alpha value is -3.02. The van der Waals surface area contributed by atoms with Crippen LogP contribution in [0, 0.1) is 6.92 Å². The van der Waals surface area contributed by atoms with Gasteiger partial charge in [-0.3, -0.25) is 4.79 Å². The molecule has 1 amide bonds. The molecule has 0 bridgehead atoms. The third kappa shape index (κ3) is 3.57. The SMILES string of the molecule is C=CCOc1cc(C(=O)Nc2cc(C)nn2CCC)cc2occc12. The number of rotatable bonds is 7. The van der Waals surface area contributed by atoms with Crippen molar-refractivity contribution >= 4 is 22.7 Å². The van der Waals surface area contributed by atoms with Gasteiger partial charge in [0.1, 0.15) is 23.8 Å². The maximum atomic E-state index is 12.7. The number of nitrogens with one attached hydrogen (secondary N) is 1. The predicted molar refractivity (Wildman–Crippen MR) is 97.1 cm³/mol. The minimum atomic E-state index is -0.237. The van der Waals surface area contributed by atoms with Crippen molar-refractivity contribution in [2.45, 2.75) is 26.8 Å². The average molecular weight is 339 g/mol. The number of aromatic nitrogens is 2. The highest BCUT2D eigenvalue weighted by atomic mass is 16.5. The van der Waals surface area contributed by atoms with Gasteiger partial charge in [-0.25, -0.2) is 4.68 Å². The highest BCUT2D eigenvalue weighted by molar-refractivity contribution is 6.06. The molecule has 0 atom stereocenters. The molecule has 0 aliphatic heterocycles. The van der Waals surface area contributed by atoms with Gasteiger partial charge in [0.15, 0.2) is 0 Å². The summed E-state index contributed by atoms with van der Waals surface area (Å²) in [5, 5.41) is 8.14. The zero-order valence-corrected chi connectivity index (χ0v) is 14.4. The molecule has 0 aliphatic carbocycles. The molecule has 3 aromatic rings. The number of hydrogen-bond acceptors (Lipinski definition) is 4. The molecule has 1 aromatic carbocycles. The fourth-order valence-electron chi connectivity index (χ4n) is 2.65. The van der Waals surface area contributed by atoms with Crippen molar-refractivity contribution in [2.75, 3.05) is 11.9 Å². The summed E-state index contributed by atoms with van der Waals surface area (Å²) in [6.45, 7) is 8.72. The maximum absolute atomic E-state index is 12.7. The second kappa shape index (κ2) is 7.25. The molecule has 0 unspecified atom stereocenters. The highest BCUT2D eigenvalue weighted by Gasteiger charge is 2.15. The van der Waals surface area contributed by atoms with Crippen molar-refractivity contribution in [3.8, 4) is 5.75 Å². The van der Waals surface area contributed by atoms with Gasteiger partial charge in [-0.05, 0) is 31.5 Å². The van der Waals surface area contributed by atoms with Gasteiger partial charge in [0.25, 0.3) is 5.91 Å². The number of fused-ring (bicyclic) bond motifs is 1. The van der Waals surface area contributed by atoms with E-state index in [1.54, 1.807) is 29.2 Å². The predicted octanol–water partition coefficient (Wildman–Crippen LogP) is 4.16. The molecule has 0 aliphatic rings. The van der Waals surface area contributed by atoms with Crippen molar-refractivity contribution in [1.82, 2.24) is 9.78 Å². The summed E-state index contributed by atoms with van der Waals surface area (Å²) in [6, 6.07) is 7.09. The number of amides is 1. The van der Waals surface area contributed by atoms with Gasteiger partial charge in [-0.1, -0.05) is 19.6 Å². The standard InChI is InChI=1S/C19H21N3O3/c1-4-7-22-18(10-13(3)21-22)20-19(23)14-11-16(24-8-5-2)15-6-9-25-17(15)12-14/h5-6,9-12H,2,4,7-8H2,1,3H3,(H,20,23). The van der Waals surface area contributed by atoms with Crippen molar-refractivity contribution in [3.05, 3.63) is 54.4 Å². The third-order valence-corrected chi connectivity index (χ3v) is 3.73. The van der Waals surface area contributed by atoms with E-state index in [9.17, 15) is 4.79 Å². The Kier molecular flexibility index (Phi) is 4.88. The van der Waals surface area contributed by atoms with E-state index >= 15 is 0 Å². The molecule has 1 N–H and O–H groups in total. The molecule has 0 radical (unpaired) electrons. The summed E-state index contributed by atoms with van der Waals surface area (Å²) in [6.07, 6.45) is 4.17. The summed E-state index contributed by atoms with van der Waals surface area (Å²) >= 11 is 0. The normalized spacial score (nSPS) is 10.8. The van der Waals surface area contributed by atoms with E-state index in [4.69, 9.17) is 9.15 Å². The molecular weight excluding hydrogens is 318 g/mol. The first-order valence-electron chi connectivity index (χ1n) is 8.23. The van der Waals surface area contributed by atoms with Gasteiger partial charge in [0, 0.05) is 18.2 Å².